The van der Waals surface area contributed by atoms with E-state index in [0.29, 0.717) is 0 Å². The molecule has 0 fully saturated rings. The molecule has 0 heterocycles. The molecule has 0 aliphatic rings. The molecular weight excluding hydrogens is 380 g/mol. The van der Waals surface area contributed by atoms with Crippen LogP contribution < -0.4 is 10.6 Å². The fourth-order valence-corrected chi connectivity index (χ4v) is 1.34. The molecule has 0 radical (unpaired) electrons. The Kier molecular flexibility index (Phi) is 7.74. The minimum Gasteiger partial charge on any atom is -0.748 e. The van der Waals surface area contributed by atoms with Gasteiger partial charge >= 0.3 is 37.7 Å². The summed E-state index contributed by atoms with van der Waals surface area (Å²) in [5.74, 6) is -5.47. The van der Waals surface area contributed by atoms with Crippen molar-refractivity contribution in [3.05, 3.63) is 0 Å². The predicted molar refractivity (Wildman–Crippen MR) is 81.5 cm³/mol. The van der Waals surface area contributed by atoms with Crippen LogP contribution in [0.3, 0.4) is 0 Å². The predicted octanol–water partition coefficient (Wildman–Crippen LogP) is -2.27. The van der Waals surface area contributed by atoms with E-state index in [1.54, 1.807) is 10.6 Å². The van der Waals surface area contributed by atoms with Crippen molar-refractivity contribution in [2.45, 2.75) is 26.4 Å². The molecule has 0 aliphatic carbocycles. The molecule has 0 saturated heterocycles. The van der Waals surface area contributed by atoms with Gasteiger partial charge in [0.2, 0.25) is 11.8 Å². The number of hydrogen-bond acceptors (Lipinski definition) is 8. The quantitative estimate of drug-likeness (QED) is 0.333. The average Bonchev–Trinajstić information content (AvgIpc) is 2.44. The minimum absolute atomic E-state index is 0. The van der Waals surface area contributed by atoms with Gasteiger partial charge in [0.15, 0.2) is 0 Å². The van der Waals surface area contributed by atoms with Crippen molar-refractivity contribution in [3.63, 3.8) is 0 Å². The summed E-state index contributed by atoms with van der Waals surface area (Å²) in [7, 11) is -9.56. The zero-order chi connectivity index (χ0) is 26.4. The standard InChI is InChI=1S/2C5H11NO4S.Ca/c2*1-5(7)6-3-2-4-11(8,9)10;/h2*2-4H2,1H3,(H,6,7)(H,8,9,10);/q;;+2/p-2/i2*1D3,2D2;. The first-order valence-electron chi connectivity index (χ1n) is 10.1. The molecule has 0 rings (SSSR count). The summed E-state index contributed by atoms with van der Waals surface area (Å²) >= 11 is 0. The third-order valence-corrected chi connectivity index (χ3v) is 2.42. The number of carbonyl (C=O) groups excluding carboxylic acids is 2. The maximum atomic E-state index is 10.8. The maximum Gasteiger partial charge on any atom is 2.00 e. The normalized spacial score (nSPS) is 19.4. The van der Waals surface area contributed by atoms with Crippen molar-refractivity contribution in [3.8, 4) is 0 Å². The van der Waals surface area contributed by atoms with Crippen LogP contribution in [0.1, 0.15) is 40.2 Å². The van der Waals surface area contributed by atoms with E-state index in [-0.39, 0.29) is 37.7 Å². The first-order valence-corrected chi connectivity index (χ1v) is 8.26. The van der Waals surface area contributed by atoms with Gasteiger partial charge in [-0.1, -0.05) is 0 Å². The molecule has 0 spiro atoms. The SMILES string of the molecule is [2H]C([2H])(CNC(=O)C([2H])([2H])[2H])CS(=O)(=O)[O-].[2H]C([2H])(CNC(=O)C([2H])([2H])[2H])CS(=O)(=O)[O-].[Ca+2]. The van der Waals surface area contributed by atoms with Gasteiger partial charge in [0.1, 0.15) is 0 Å². The Hall–Kier alpha value is 0.0197. The Morgan fingerprint density at radius 3 is 1.43 bits per heavy atom. The summed E-state index contributed by atoms with van der Waals surface area (Å²) in [6.07, 6.45) is -5.00. The Labute approximate surface area is 180 Å². The molecule has 2 N–H and O–H groups in total. The molecule has 0 aromatic heterocycles. The van der Waals surface area contributed by atoms with Gasteiger partial charge in [-0.25, -0.2) is 16.8 Å². The van der Waals surface area contributed by atoms with Crippen molar-refractivity contribution >= 4 is 69.8 Å². The van der Waals surface area contributed by atoms with E-state index in [4.69, 9.17) is 13.7 Å². The van der Waals surface area contributed by atoms with E-state index in [9.17, 15) is 35.5 Å². The van der Waals surface area contributed by atoms with Gasteiger partial charge in [-0.2, -0.15) is 0 Å². The molecular formula is C10H20CaN2O8S2. The van der Waals surface area contributed by atoms with Crippen LogP contribution in [-0.2, 0) is 29.8 Å². The monoisotopic (exact) mass is 410 g/mol. The van der Waals surface area contributed by atoms with Crippen molar-refractivity contribution in [2.75, 3.05) is 24.6 Å². The summed E-state index contributed by atoms with van der Waals surface area (Å²) in [5.41, 5.74) is 0. The third-order valence-electron chi connectivity index (χ3n) is 1.31. The summed E-state index contributed by atoms with van der Waals surface area (Å²) in [6.45, 7) is -7.59. The van der Waals surface area contributed by atoms with Gasteiger partial charge in [-0.05, 0) is 12.7 Å². The van der Waals surface area contributed by atoms with Crippen LogP contribution in [0.2, 0.25) is 0 Å². The molecule has 0 atom stereocenters. The van der Waals surface area contributed by atoms with E-state index < -0.39 is 83.1 Å². The molecule has 132 valence electrons. The van der Waals surface area contributed by atoms with E-state index in [1.165, 1.54) is 0 Å². The van der Waals surface area contributed by atoms with Crippen molar-refractivity contribution in [1.29, 1.82) is 0 Å². The largest absolute Gasteiger partial charge is 2.00 e. The fraction of sp³-hybridized carbons (Fsp3) is 0.800. The molecule has 0 unspecified atom stereocenters. The third kappa shape index (κ3) is 34.4. The van der Waals surface area contributed by atoms with E-state index in [2.05, 4.69) is 0 Å². The van der Waals surface area contributed by atoms with Crippen LogP contribution in [-0.4, -0.2) is 100 Å². The van der Waals surface area contributed by atoms with Gasteiger partial charge in [-0.3, -0.25) is 9.59 Å². The van der Waals surface area contributed by atoms with Crippen LogP contribution >= 0.6 is 0 Å². The van der Waals surface area contributed by atoms with Gasteiger partial charge < -0.3 is 19.7 Å². The summed E-state index contributed by atoms with van der Waals surface area (Å²) in [4.78, 5) is 21.6. The molecule has 2 amide bonds. The zero-order valence-electron chi connectivity index (χ0n) is 21.6. The Balaban J connectivity index is -0.000000529. The van der Waals surface area contributed by atoms with Crippen LogP contribution in [0.25, 0.3) is 0 Å². The number of rotatable bonds is 8. The van der Waals surface area contributed by atoms with E-state index in [1.807, 2.05) is 0 Å². The van der Waals surface area contributed by atoms with Gasteiger partial charge in [0.25, 0.3) is 0 Å². The molecule has 0 aromatic rings. The van der Waals surface area contributed by atoms with Crippen LogP contribution in [0.15, 0.2) is 0 Å². The van der Waals surface area contributed by atoms with Crippen LogP contribution in [0.4, 0.5) is 0 Å². The molecule has 0 bridgehead atoms. The number of hydrogen-bond donors (Lipinski definition) is 2. The van der Waals surface area contributed by atoms with Crippen LogP contribution in [0, 0.1) is 0 Å². The van der Waals surface area contributed by atoms with Gasteiger partial charge in [0.05, 0.1) is 20.2 Å². The van der Waals surface area contributed by atoms with Crippen molar-refractivity contribution < 1.29 is 49.2 Å². The zero-order valence-corrected chi connectivity index (χ0v) is 15.5. The first kappa shape index (κ1) is 12.4. The smallest absolute Gasteiger partial charge is 0.748 e. The Bertz CT molecular complexity index is 801. The van der Waals surface area contributed by atoms with E-state index in [0.717, 1.165) is 0 Å². The van der Waals surface area contributed by atoms with Crippen LogP contribution in [0.5, 0.6) is 0 Å². The first-order chi connectivity index (χ1) is 13.7. The second kappa shape index (κ2) is 14.4. The van der Waals surface area contributed by atoms with Gasteiger partial charge in [0, 0.05) is 52.0 Å². The molecule has 0 aliphatic heterocycles. The topological polar surface area (TPSA) is 173 Å². The fourth-order valence-electron chi connectivity index (χ4n) is 0.638. The van der Waals surface area contributed by atoms with Gasteiger partial charge in [-0.15, -0.1) is 0 Å². The maximum absolute atomic E-state index is 10.8. The summed E-state index contributed by atoms with van der Waals surface area (Å²) < 4.78 is 130. The molecule has 0 aromatic carbocycles. The second-order valence-corrected chi connectivity index (χ2v) is 6.08. The molecule has 0 saturated carbocycles. The number of carbonyl (C=O) groups is 2. The average molecular weight is 411 g/mol. The summed E-state index contributed by atoms with van der Waals surface area (Å²) in [5, 5.41) is 3.41. The van der Waals surface area contributed by atoms with Crippen molar-refractivity contribution in [1.82, 2.24) is 10.6 Å². The Morgan fingerprint density at radius 2 is 1.22 bits per heavy atom. The minimum atomic E-state index is -4.78. The number of amides is 2. The number of nitrogens with one attached hydrogen (secondary N) is 2. The second-order valence-electron chi connectivity index (χ2n) is 3.27. The molecule has 13 heteroatoms. The van der Waals surface area contributed by atoms with Crippen molar-refractivity contribution in [2.24, 2.45) is 0 Å². The molecule has 23 heavy (non-hydrogen) atoms. The molecule has 10 nitrogen and oxygen atoms in total. The summed E-state index contributed by atoms with van der Waals surface area (Å²) in [6, 6.07) is 0. The Morgan fingerprint density at radius 1 is 0.913 bits per heavy atom. The van der Waals surface area contributed by atoms with E-state index >= 15 is 0 Å².